The van der Waals surface area contributed by atoms with E-state index in [0.717, 1.165) is 21.9 Å². The largest absolute Gasteiger partial charge is 0.455 e. The Morgan fingerprint density at radius 2 is 1.35 bits per heavy atom. The number of anilines is 2. The molecule has 0 fully saturated rings. The summed E-state index contributed by atoms with van der Waals surface area (Å²) in [5, 5.41) is 7.38. The summed E-state index contributed by atoms with van der Waals surface area (Å²) in [7, 11) is 0. The zero-order valence-corrected chi connectivity index (χ0v) is 35.0. The molecule has 5 heteroatoms. The highest BCUT2D eigenvalue weighted by Crippen LogP contribution is 2.55. The van der Waals surface area contributed by atoms with Crippen LogP contribution < -0.4 is 15.7 Å². The average Bonchev–Trinajstić information content (AvgIpc) is 3.98. The maximum absolute atomic E-state index is 6.86. The fourth-order valence-corrected chi connectivity index (χ4v) is 12.6. The molecule has 0 saturated heterocycles. The molecule has 1 aliphatic carbocycles. The summed E-state index contributed by atoms with van der Waals surface area (Å²) in [4.78, 5) is 2.69. The third-order valence-corrected chi connectivity index (χ3v) is 15.5. The number of furan rings is 1. The topological polar surface area (TPSA) is 21.3 Å². The second-order valence-corrected chi connectivity index (χ2v) is 19.9. The summed E-state index contributed by atoms with van der Waals surface area (Å²) in [5.74, 6) is 0. The van der Waals surface area contributed by atoms with Gasteiger partial charge in [0, 0.05) is 64.4 Å². The van der Waals surface area contributed by atoms with E-state index in [1.807, 2.05) is 11.3 Å². The highest BCUT2D eigenvalue weighted by atomic mass is 32.1. The van der Waals surface area contributed by atoms with Gasteiger partial charge in [0.25, 0.3) is 0 Å². The molecule has 11 aromatic rings. The minimum atomic E-state index is -0.127. The van der Waals surface area contributed by atoms with Gasteiger partial charge < -0.3 is 13.8 Å². The molecule has 8 aromatic carbocycles. The number of rotatable bonds is 1. The van der Waals surface area contributed by atoms with Crippen molar-refractivity contribution >= 4 is 104 Å². The number of hydrogen-bond donors (Lipinski definition) is 0. The Morgan fingerprint density at radius 3 is 2.20 bits per heavy atom. The molecule has 60 heavy (non-hydrogen) atoms. The van der Waals surface area contributed by atoms with Crippen molar-refractivity contribution in [1.82, 2.24) is 4.57 Å². The van der Waals surface area contributed by atoms with Gasteiger partial charge in [-0.25, -0.2) is 0 Å². The monoisotopic (exact) mass is 786 g/mol. The van der Waals surface area contributed by atoms with Gasteiger partial charge in [-0.15, -0.1) is 11.3 Å². The fourth-order valence-electron chi connectivity index (χ4n) is 11.5. The number of nitrogens with zero attached hydrogens (tertiary/aromatic N) is 2. The normalized spacial score (nSPS) is 14.8. The first-order chi connectivity index (χ1) is 29.1. The Balaban J connectivity index is 1.17. The maximum atomic E-state index is 6.86. The van der Waals surface area contributed by atoms with Crippen LogP contribution in [-0.2, 0) is 10.8 Å². The van der Waals surface area contributed by atoms with Gasteiger partial charge in [-0.2, -0.15) is 0 Å². The lowest BCUT2D eigenvalue weighted by atomic mass is 9.44. The van der Waals surface area contributed by atoms with Crippen molar-refractivity contribution < 1.29 is 4.42 Å². The Hall–Kier alpha value is -6.56. The first-order valence-corrected chi connectivity index (χ1v) is 22.0. The molecule has 2 aliphatic heterocycles. The van der Waals surface area contributed by atoms with Crippen molar-refractivity contribution in [1.29, 1.82) is 0 Å². The maximum Gasteiger partial charge on any atom is 0.333 e. The summed E-state index contributed by atoms with van der Waals surface area (Å²) >= 11 is 1.90. The van der Waals surface area contributed by atoms with E-state index in [1.165, 1.54) is 109 Å². The summed E-state index contributed by atoms with van der Waals surface area (Å²) in [6, 6.07) is 55.5. The van der Waals surface area contributed by atoms with Crippen molar-refractivity contribution in [2.45, 2.75) is 45.4 Å². The summed E-state index contributed by atoms with van der Waals surface area (Å²) in [6.07, 6.45) is 0. The Kier molecular flexibility index (Phi) is 6.09. The highest BCUT2D eigenvalue weighted by Gasteiger charge is 2.46. The van der Waals surface area contributed by atoms with Crippen molar-refractivity contribution in [3.05, 3.63) is 162 Å². The summed E-state index contributed by atoms with van der Waals surface area (Å²) in [6.45, 7) is 11.6. The fraction of sp³-hybridized carbons (Fsp3) is 0.127. The van der Waals surface area contributed by atoms with Crippen LogP contribution in [0.2, 0.25) is 0 Å². The molecule has 14 rings (SSSR count). The molecule has 284 valence electrons. The zero-order chi connectivity index (χ0) is 40.0. The predicted octanol–water partition coefficient (Wildman–Crippen LogP) is 13.9. The average molecular weight is 787 g/mol. The van der Waals surface area contributed by atoms with Gasteiger partial charge in [0.05, 0.1) is 16.4 Å². The van der Waals surface area contributed by atoms with Crippen LogP contribution in [-0.4, -0.2) is 11.4 Å². The van der Waals surface area contributed by atoms with Gasteiger partial charge in [0.15, 0.2) is 0 Å². The molecule has 0 radical (unpaired) electrons. The molecule has 0 N–H and O–H groups in total. The van der Waals surface area contributed by atoms with Gasteiger partial charge in [-0.3, -0.25) is 0 Å². The standard InChI is InChI=1S/C55H39BN2OS/c1-54(2,3)30-18-20-31(21-19-30)58-45-28-38-32-12-6-9-15-41(32)55(4,5)42(38)26-39(45)35-22-23-37-50-44(25-24-36-33-13-7-10-16-47(33)59-53(36)50)57-46-29-49-40(34-14-8-11-17-48(34)60-49)27-43(46)56(58)51(35)52(37)57/h6-29H,1-5H3. The van der Waals surface area contributed by atoms with E-state index >= 15 is 0 Å². The van der Waals surface area contributed by atoms with E-state index in [2.05, 4.69) is 190 Å². The number of thiophene rings is 1. The van der Waals surface area contributed by atoms with Crippen LogP contribution >= 0.6 is 11.3 Å². The van der Waals surface area contributed by atoms with Crippen molar-refractivity contribution in [3.63, 3.8) is 0 Å². The van der Waals surface area contributed by atoms with Gasteiger partial charge in [0.1, 0.15) is 11.2 Å². The van der Waals surface area contributed by atoms with E-state index in [1.54, 1.807) is 0 Å². The van der Waals surface area contributed by atoms with Crippen molar-refractivity contribution in [3.8, 4) is 27.9 Å². The third kappa shape index (κ3) is 4.02. The Labute approximate surface area is 352 Å². The van der Waals surface area contributed by atoms with E-state index < -0.39 is 0 Å². The predicted molar refractivity (Wildman–Crippen MR) is 256 cm³/mol. The molecule has 0 saturated carbocycles. The Morgan fingerprint density at radius 1 is 0.583 bits per heavy atom. The van der Waals surface area contributed by atoms with E-state index in [9.17, 15) is 0 Å². The number of hydrogen-bond acceptors (Lipinski definition) is 3. The van der Waals surface area contributed by atoms with Crippen molar-refractivity contribution in [2.75, 3.05) is 4.81 Å². The van der Waals surface area contributed by atoms with Gasteiger partial charge >= 0.3 is 6.85 Å². The van der Waals surface area contributed by atoms with Crippen LogP contribution in [0.1, 0.15) is 51.3 Å². The third-order valence-electron chi connectivity index (χ3n) is 14.3. The van der Waals surface area contributed by atoms with E-state index in [-0.39, 0.29) is 17.7 Å². The molecule has 5 heterocycles. The second-order valence-electron chi connectivity index (χ2n) is 18.9. The zero-order valence-electron chi connectivity index (χ0n) is 34.1. The number of aromatic nitrogens is 1. The van der Waals surface area contributed by atoms with Gasteiger partial charge in [-0.1, -0.05) is 126 Å². The molecule has 0 amide bonds. The van der Waals surface area contributed by atoms with Crippen molar-refractivity contribution in [2.24, 2.45) is 0 Å². The molecule has 0 atom stereocenters. The van der Waals surface area contributed by atoms with Crippen LogP contribution in [0.25, 0.3) is 91.9 Å². The molecular formula is C55H39BN2OS. The van der Waals surface area contributed by atoms with E-state index in [0.29, 0.717) is 0 Å². The molecule has 3 aliphatic rings. The van der Waals surface area contributed by atoms with Gasteiger partial charge in [0.2, 0.25) is 0 Å². The minimum Gasteiger partial charge on any atom is -0.455 e. The lowest BCUT2D eigenvalue weighted by Crippen LogP contribution is -2.60. The Bertz CT molecular complexity index is 3740. The second kappa shape index (κ2) is 11.0. The van der Waals surface area contributed by atoms with Gasteiger partial charge in [-0.05, 0) is 104 Å². The molecule has 0 unspecified atom stereocenters. The molecule has 0 spiro atoms. The van der Waals surface area contributed by atoms with Crippen LogP contribution in [0.5, 0.6) is 0 Å². The summed E-state index contributed by atoms with van der Waals surface area (Å²) < 4.78 is 12.1. The first-order valence-electron chi connectivity index (χ1n) is 21.2. The van der Waals surface area contributed by atoms with Crippen LogP contribution in [0.3, 0.4) is 0 Å². The molecular weight excluding hydrogens is 747 g/mol. The summed E-state index contributed by atoms with van der Waals surface area (Å²) in [5.41, 5.74) is 20.0. The highest BCUT2D eigenvalue weighted by molar-refractivity contribution is 7.25. The quantitative estimate of drug-likeness (QED) is 0.155. The smallest absolute Gasteiger partial charge is 0.333 e. The van der Waals surface area contributed by atoms with Crippen LogP contribution in [0, 0.1) is 0 Å². The lowest BCUT2D eigenvalue weighted by Gasteiger charge is -2.42. The number of fused-ring (bicyclic) bond motifs is 18. The minimum absolute atomic E-state index is 0.0409. The molecule has 3 aromatic heterocycles. The lowest BCUT2D eigenvalue weighted by molar-refractivity contribution is 0.590. The van der Waals surface area contributed by atoms with E-state index in [4.69, 9.17) is 4.42 Å². The SMILES string of the molecule is CC(C)(C)c1ccc(N2B3c4cc5c(cc4-n4c6ccc7c8ccccc8oc7c6c6ccc(c3c64)-c3cc4c(cc32)-c2ccccc2C4(C)C)sc2ccccc25)cc1. The number of benzene rings is 8. The number of para-hydroxylation sites is 1. The molecule has 3 nitrogen and oxygen atoms in total. The van der Waals surface area contributed by atoms with Crippen LogP contribution in [0.15, 0.2) is 150 Å². The first kappa shape index (κ1) is 33.3. The molecule has 0 bridgehead atoms. The van der Waals surface area contributed by atoms with Crippen LogP contribution in [0.4, 0.5) is 11.4 Å².